The highest BCUT2D eigenvalue weighted by atomic mass is 16.9. The van der Waals surface area contributed by atoms with Gasteiger partial charge in [-0.25, -0.2) is 4.99 Å². The Kier molecular flexibility index (Phi) is 2.57. The van der Waals surface area contributed by atoms with Crippen molar-refractivity contribution in [2.75, 3.05) is 6.61 Å². The molecule has 9 atom stereocenters. The molecule has 0 amide bonds. The normalized spacial score (nSPS) is 62.4. The van der Waals surface area contributed by atoms with Crippen molar-refractivity contribution in [2.24, 2.45) is 16.6 Å². The SMILES string of the molecule is NC1=NC(O)C2C3OC4(O)O[C@@H]([C@@H](O)C2(N1)[C@@H]4O)[C@]3(O)CO. The lowest BCUT2D eigenvalue weighted by atomic mass is 9.55. The Morgan fingerprint density at radius 1 is 1.18 bits per heavy atom. The first-order valence-corrected chi connectivity index (χ1v) is 6.77. The highest BCUT2D eigenvalue weighted by Crippen LogP contribution is 2.58. The molecular weight excluding hydrogens is 302 g/mol. The molecule has 11 heteroatoms. The van der Waals surface area contributed by atoms with Crippen LogP contribution in [-0.4, -0.2) is 91.0 Å². The van der Waals surface area contributed by atoms with Crippen LogP contribution in [0.1, 0.15) is 0 Å². The summed E-state index contributed by atoms with van der Waals surface area (Å²) in [6.45, 7) is -0.857. The molecule has 124 valence electrons. The molecule has 11 nitrogen and oxygen atoms in total. The summed E-state index contributed by atoms with van der Waals surface area (Å²) in [5.41, 5.74) is 1.74. The van der Waals surface area contributed by atoms with E-state index in [1.54, 1.807) is 0 Å². The second-order valence-electron chi connectivity index (χ2n) is 6.22. The first-order chi connectivity index (χ1) is 10.2. The summed E-state index contributed by atoms with van der Waals surface area (Å²) in [6, 6.07) is 0. The van der Waals surface area contributed by atoms with E-state index in [-0.39, 0.29) is 5.96 Å². The van der Waals surface area contributed by atoms with E-state index < -0.39 is 60.3 Å². The number of guanidine groups is 1. The van der Waals surface area contributed by atoms with E-state index >= 15 is 0 Å². The van der Waals surface area contributed by atoms with Crippen LogP contribution in [0.15, 0.2) is 4.99 Å². The Balaban J connectivity index is 1.95. The van der Waals surface area contributed by atoms with Crippen LogP contribution in [-0.2, 0) is 9.47 Å². The van der Waals surface area contributed by atoms with Crippen LogP contribution < -0.4 is 11.1 Å². The fourth-order valence-electron chi connectivity index (χ4n) is 4.24. The highest BCUT2D eigenvalue weighted by molar-refractivity contribution is 5.80. The fourth-order valence-corrected chi connectivity index (χ4v) is 4.24. The summed E-state index contributed by atoms with van der Waals surface area (Å²) in [7, 11) is 0. The lowest BCUT2D eigenvalue weighted by Gasteiger charge is -2.71. The molecule has 0 aromatic carbocycles. The van der Waals surface area contributed by atoms with E-state index in [0.717, 1.165) is 0 Å². The molecule has 4 heterocycles. The first-order valence-electron chi connectivity index (χ1n) is 6.77. The van der Waals surface area contributed by atoms with Crippen molar-refractivity contribution in [2.45, 2.75) is 47.8 Å². The zero-order valence-electron chi connectivity index (χ0n) is 11.2. The second kappa shape index (κ2) is 3.88. The first kappa shape index (κ1) is 14.5. The van der Waals surface area contributed by atoms with E-state index in [0.29, 0.717) is 0 Å². The minimum atomic E-state index is -2.52. The van der Waals surface area contributed by atoms with Crippen molar-refractivity contribution in [1.82, 2.24) is 5.32 Å². The number of nitrogens with zero attached hydrogens (tertiary/aromatic N) is 1. The lowest BCUT2D eigenvalue weighted by molar-refractivity contribution is -0.548. The van der Waals surface area contributed by atoms with E-state index in [4.69, 9.17) is 15.2 Å². The summed E-state index contributed by atoms with van der Waals surface area (Å²) in [6.07, 6.45) is -7.77. The van der Waals surface area contributed by atoms with E-state index in [2.05, 4.69) is 10.3 Å². The monoisotopic (exact) mass is 319 g/mol. The van der Waals surface area contributed by atoms with Crippen molar-refractivity contribution in [3.63, 3.8) is 0 Å². The van der Waals surface area contributed by atoms with Crippen LogP contribution >= 0.6 is 0 Å². The van der Waals surface area contributed by atoms with Gasteiger partial charge in [-0.3, -0.25) is 0 Å². The number of aliphatic imine (C=N–C) groups is 1. The molecule has 22 heavy (non-hydrogen) atoms. The molecule has 1 aliphatic carbocycles. The number of rotatable bonds is 1. The van der Waals surface area contributed by atoms with Crippen LogP contribution in [0.25, 0.3) is 0 Å². The lowest BCUT2D eigenvalue weighted by Crippen LogP contribution is -2.95. The van der Waals surface area contributed by atoms with Gasteiger partial charge in [0.15, 0.2) is 18.3 Å². The molecular formula is C11H17N3O8. The predicted octanol–water partition coefficient (Wildman–Crippen LogP) is -5.52. The van der Waals surface area contributed by atoms with Crippen LogP contribution in [0.4, 0.5) is 0 Å². The highest BCUT2D eigenvalue weighted by Gasteiger charge is 2.82. The number of nitrogens with one attached hydrogen (secondary N) is 1. The van der Waals surface area contributed by atoms with Crippen LogP contribution in [0.5, 0.6) is 0 Å². The van der Waals surface area contributed by atoms with Crippen LogP contribution in [0.2, 0.25) is 0 Å². The zero-order chi connectivity index (χ0) is 16.1. The summed E-state index contributed by atoms with van der Waals surface area (Å²) in [5, 5.41) is 64.3. The molecule has 4 aliphatic heterocycles. The Labute approximate surface area is 123 Å². The molecule has 0 aromatic heterocycles. The van der Waals surface area contributed by atoms with E-state index in [1.807, 2.05) is 0 Å². The summed E-state index contributed by atoms with van der Waals surface area (Å²) < 4.78 is 10.3. The average Bonchev–Trinajstić information content (AvgIpc) is 2.45. The van der Waals surface area contributed by atoms with Crippen LogP contribution in [0, 0.1) is 5.92 Å². The molecule has 1 saturated carbocycles. The average molecular weight is 319 g/mol. The summed E-state index contributed by atoms with van der Waals surface area (Å²) in [5.74, 6) is -3.95. The summed E-state index contributed by atoms with van der Waals surface area (Å²) >= 11 is 0. The predicted molar refractivity (Wildman–Crippen MR) is 65.7 cm³/mol. The quantitative estimate of drug-likeness (QED) is 0.231. The Bertz CT molecular complexity index is 561. The molecule has 0 aromatic rings. The topological polar surface area (TPSA) is 190 Å². The molecule has 4 fully saturated rings. The van der Waals surface area contributed by atoms with Crippen molar-refractivity contribution in [1.29, 1.82) is 0 Å². The van der Waals surface area contributed by atoms with E-state index in [9.17, 15) is 30.6 Å². The number of aliphatic hydroxyl groups excluding tert-OH is 4. The Morgan fingerprint density at radius 3 is 2.45 bits per heavy atom. The Morgan fingerprint density at radius 2 is 1.82 bits per heavy atom. The molecule has 9 N–H and O–H groups in total. The molecule has 4 bridgehead atoms. The molecule has 5 rings (SSSR count). The van der Waals surface area contributed by atoms with Crippen molar-refractivity contribution in [3.8, 4) is 0 Å². The zero-order valence-corrected chi connectivity index (χ0v) is 11.2. The van der Waals surface area contributed by atoms with Gasteiger partial charge in [-0.2, -0.15) is 0 Å². The number of aliphatic hydroxyl groups is 6. The standard InChI is InChI=1S/C11H17N3O8/c12-8-13-6(17)2-4-9(19,1-15)5-3(16)10(2,14-8)7(18)11(20,21-4)22-5/h2-7,15-20H,1H2,(H3,12,13,14)/t2?,3-,4?,5+,6?,7+,9+,10?,11?/m1/s1. The third kappa shape index (κ3) is 1.28. The molecule has 5 aliphatic rings. The maximum absolute atomic E-state index is 10.6. The van der Waals surface area contributed by atoms with Gasteiger partial charge in [0, 0.05) is 0 Å². The van der Waals surface area contributed by atoms with Gasteiger partial charge in [0.25, 0.3) is 0 Å². The van der Waals surface area contributed by atoms with Crippen molar-refractivity contribution >= 4 is 5.96 Å². The largest absolute Gasteiger partial charge is 0.393 e. The van der Waals surface area contributed by atoms with Gasteiger partial charge in [-0.05, 0) is 0 Å². The summed E-state index contributed by atoms with van der Waals surface area (Å²) in [4.78, 5) is 3.70. The van der Waals surface area contributed by atoms with Crippen molar-refractivity contribution < 1.29 is 40.1 Å². The molecule has 0 radical (unpaired) electrons. The van der Waals surface area contributed by atoms with Gasteiger partial charge in [0.05, 0.1) is 12.5 Å². The maximum atomic E-state index is 10.6. The number of nitrogens with two attached hydrogens (primary N) is 1. The molecule has 3 saturated heterocycles. The molecule has 1 spiro atoms. The number of hydrogen-bond donors (Lipinski definition) is 8. The minimum Gasteiger partial charge on any atom is -0.393 e. The van der Waals surface area contributed by atoms with Gasteiger partial charge in [-0.1, -0.05) is 0 Å². The van der Waals surface area contributed by atoms with Gasteiger partial charge in [0.2, 0.25) is 0 Å². The van der Waals surface area contributed by atoms with Crippen molar-refractivity contribution in [3.05, 3.63) is 0 Å². The molecule has 5 unspecified atom stereocenters. The Hall–Kier alpha value is -1.05. The van der Waals surface area contributed by atoms with Crippen LogP contribution in [0.3, 0.4) is 0 Å². The number of hydrogen-bond acceptors (Lipinski definition) is 11. The second-order valence-corrected chi connectivity index (χ2v) is 6.22. The van der Waals surface area contributed by atoms with Gasteiger partial charge < -0.3 is 51.2 Å². The van der Waals surface area contributed by atoms with Gasteiger partial charge >= 0.3 is 5.97 Å². The third-order valence-electron chi connectivity index (χ3n) is 5.22. The number of ether oxygens (including phenoxy) is 2. The maximum Gasteiger partial charge on any atom is 0.311 e. The van der Waals surface area contributed by atoms with Gasteiger partial charge in [-0.15, -0.1) is 0 Å². The smallest absolute Gasteiger partial charge is 0.311 e. The third-order valence-corrected chi connectivity index (χ3v) is 5.22. The van der Waals surface area contributed by atoms with Gasteiger partial charge in [0.1, 0.15) is 29.5 Å². The van der Waals surface area contributed by atoms with E-state index in [1.165, 1.54) is 0 Å². The minimum absolute atomic E-state index is 0.250. The fraction of sp³-hybridized carbons (Fsp3) is 0.909.